The third-order valence-corrected chi connectivity index (χ3v) is 6.05. The fraction of sp³-hybridized carbons (Fsp3) is 0.0476. The van der Waals surface area contributed by atoms with Crippen LogP contribution in [0, 0.1) is 0 Å². The van der Waals surface area contributed by atoms with Crippen molar-refractivity contribution in [2.75, 3.05) is 0 Å². The summed E-state index contributed by atoms with van der Waals surface area (Å²) in [5.74, 6) is 0.687. The summed E-state index contributed by atoms with van der Waals surface area (Å²) < 4.78 is 6.73. The molecule has 0 saturated carbocycles. The molecule has 2 aromatic carbocycles. The molecule has 0 N–H and O–H groups in total. The maximum Gasteiger partial charge on any atom is 0.293 e. The maximum atomic E-state index is 12.7. The normalized spacial score (nSPS) is 15.6. The van der Waals surface area contributed by atoms with Crippen molar-refractivity contribution >= 4 is 68.1 Å². The van der Waals surface area contributed by atoms with Crippen LogP contribution < -0.4 is 0 Å². The summed E-state index contributed by atoms with van der Waals surface area (Å²) in [5.41, 5.74) is 1.60. The standard InChI is InChI=1S/C21H12BrCl2NO3S/c22-14-3-1-12(2-4-14)11-25-20(26)19(29-21(25)27)10-17-5-6-18(28-17)13-7-15(23)9-16(24)8-13/h1-10H,11H2/b19-10-. The number of imide groups is 1. The van der Waals surface area contributed by atoms with Crippen LogP contribution >= 0.6 is 50.9 Å². The molecule has 3 aromatic rings. The predicted molar refractivity (Wildman–Crippen MR) is 120 cm³/mol. The highest BCUT2D eigenvalue weighted by Gasteiger charge is 2.35. The highest BCUT2D eigenvalue weighted by Crippen LogP contribution is 2.35. The minimum Gasteiger partial charge on any atom is -0.457 e. The predicted octanol–water partition coefficient (Wildman–Crippen LogP) is 7.25. The molecular weight excluding hydrogens is 497 g/mol. The summed E-state index contributed by atoms with van der Waals surface area (Å²) in [6.45, 7) is 0.222. The van der Waals surface area contributed by atoms with E-state index in [1.165, 1.54) is 4.90 Å². The highest BCUT2D eigenvalue weighted by molar-refractivity contribution is 9.10. The van der Waals surface area contributed by atoms with Crippen molar-refractivity contribution in [2.45, 2.75) is 6.54 Å². The second-order valence-electron chi connectivity index (χ2n) is 6.25. The number of amides is 2. The average molecular weight is 509 g/mol. The number of carbonyl (C=O) groups excluding carboxylic acids is 2. The van der Waals surface area contributed by atoms with Crippen molar-refractivity contribution in [3.8, 4) is 11.3 Å². The number of nitrogens with zero attached hydrogens (tertiary/aromatic N) is 1. The van der Waals surface area contributed by atoms with E-state index in [1.54, 1.807) is 36.4 Å². The van der Waals surface area contributed by atoms with E-state index < -0.39 is 0 Å². The van der Waals surface area contributed by atoms with Gasteiger partial charge in [-0.2, -0.15) is 0 Å². The molecule has 0 atom stereocenters. The van der Waals surface area contributed by atoms with Gasteiger partial charge in [0.25, 0.3) is 11.1 Å². The fourth-order valence-corrected chi connectivity index (χ4v) is 4.43. The van der Waals surface area contributed by atoms with Crippen molar-refractivity contribution in [1.29, 1.82) is 0 Å². The zero-order chi connectivity index (χ0) is 20.5. The molecule has 29 heavy (non-hydrogen) atoms. The smallest absolute Gasteiger partial charge is 0.293 e. The summed E-state index contributed by atoms with van der Waals surface area (Å²) in [6, 6.07) is 16.1. The first-order chi connectivity index (χ1) is 13.9. The molecule has 4 rings (SSSR count). The molecule has 1 fully saturated rings. The quantitative estimate of drug-likeness (QED) is 0.348. The lowest BCUT2D eigenvalue weighted by molar-refractivity contribution is -0.123. The molecule has 2 heterocycles. The molecule has 1 aromatic heterocycles. The van der Waals surface area contributed by atoms with Crippen LogP contribution in [0.4, 0.5) is 4.79 Å². The highest BCUT2D eigenvalue weighted by atomic mass is 79.9. The monoisotopic (exact) mass is 507 g/mol. The van der Waals surface area contributed by atoms with Crippen LogP contribution in [-0.2, 0) is 11.3 Å². The van der Waals surface area contributed by atoms with Gasteiger partial charge in [-0.15, -0.1) is 0 Å². The minimum atomic E-state index is -0.341. The lowest BCUT2D eigenvalue weighted by atomic mass is 10.2. The van der Waals surface area contributed by atoms with Crippen molar-refractivity contribution in [3.63, 3.8) is 0 Å². The summed E-state index contributed by atoms with van der Waals surface area (Å²) in [5, 5.41) is 0.691. The SMILES string of the molecule is O=C1S/C(=C\c2ccc(-c3cc(Cl)cc(Cl)c3)o2)C(=O)N1Cc1ccc(Br)cc1. The molecule has 8 heteroatoms. The number of hydrogen-bond donors (Lipinski definition) is 0. The number of benzene rings is 2. The van der Waals surface area contributed by atoms with E-state index in [-0.39, 0.29) is 17.7 Å². The first-order valence-electron chi connectivity index (χ1n) is 8.45. The third-order valence-electron chi connectivity index (χ3n) is 4.17. The van der Waals surface area contributed by atoms with Gasteiger partial charge in [-0.25, -0.2) is 0 Å². The lowest BCUT2D eigenvalue weighted by Gasteiger charge is -2.12. The first-order valence-corrected chi connectivity index (χ1v) is 10.8. The van der Waals surface area contributed by atoms with Gasteiger partial charge in [0.2, 0.25) is 0 Å². The Morgan fingerprint density at radius 3 is 2.38 bits per heavy atom. The zero-order valence-electron chi connectivity index (χ0n) is 14.7. The zero-order valence-corrected chi connectivity index (χ0v) is 18.6. The van der Waals surface area contributed by atoms with Gasteiger partial charge < -0.3 is 4.42 Å². The molecule has 0 aliphatic carbocycles. The summed E-state index contributed by atoms with van der Waals surface area (Å²) in [4.78, 5) is 26.5. The van der Waals surface area contributed by atoms with Crippen LogP contribution in [-0.4, -0.2) is 16.0 Å². The Hall–Kier alpha value is -1.99. The Morgan fingerprint density at radius 1 is 1.00 bits per heavy atom. The second-order valence-corrected chi connectivity index (χ2v) is 9.04. The van der Waals surface area contributed by atoms with Gasteiger partial charge in [0.15, 0.2) is 0 Å². The Kier molecular flexibility index (Phi) is 5.88. The van der Waals surface area contributed by atoms with Crippen LogP contribution in [0.15, 0.2) is 68.4 Å². The Labute approximate surface area is 189 Å². The summed E-state index contributed by atoms with van der Waals surface area (Å²) in [6.07, 6.45) is 1.57. The maximum absolute atomic E-state index is 12.7. The molecule has 1 aliphatic rings. The van der Waals surface area contributed by atoms with Crippen LogP contribution in [0.1, 0.15) is 11.3 Å². The Balaban J connectivity index is 1.54. The van der Waals surface area contributed by atoms with E-state index in [2.05, 4.69) is 15.9 Å². The van der Waals surface area contributed by atoms with Gasteiger partial charge >= 0.3 is 0 Å². The van der Waals surface area contributed by atoms with E-state index in [4.69, 9.17) is 27.6 Å². The number of halogens is 3. The van der Waals surface area contributed by atoms with Crippen molar-refractivity contribution in [2.24, 2.45) is 0 Å². The van der Waals surface area contributed by atoms with Crippen LogP contribution in [0.3, 0.4) is 0 Å². The van der Waals surface area contributed by atoms with Crippen molar-refractivity contribution < 1.29 is 14.0 Å². The molecule has 4 nitrogen and oxygen atoms in total. The molecule has 0 radical (unpaired) electrons. The van der Waals surface area contributed by atoms with Crippen LogP contribution in [0.5, 0.6) is 0 Å². The Bertz CT molecular complexity index is 1120. The summed E-state index contributed by atoms with van der Waals surface area (Å²) >= 11 is 16.3. The number of carbonyl (C=O) groups is 2. The lowest BCUT2D eigenvalue weighted by Crippen LogP contribution is -2.27. The van der Waals surface area contributed by atoms with E-state index >= 15 is 0 Å². The largest absolute Gasteiger partial charge is 0.457 e. The molecule has 0 bridgehead atoms. The molecule has 0 spiro atoms. The number of thioether (sulfide) groups is 1. The number of furan rings is 1. The van der Waals surface area contributed by atoms with E-state index in [0.29, 0.717) is 26.5 Å². The fourth-order valence-electron chi connectivity index (χ4n) is 2.82. The van der Waals surface area contributed by atoms with Crippen LogP contribution in [0.2, 0.25) is 10.0 Å². The van der Waals surface area contributed by atoms with Crippen molar-refractivity contribution in [3.05, 3.63) is 85.3 Å². The van der Waals surface area contributed by atoms with E-state index in [1.807, 2.05) is 24.3 Å². The van der Waals surface area contributed by atoms with Gasteiger partial charge in [0.1, 0.15) is 11.5 Å². The molecule has 1 saturated heterocycles. The number of rotatable bonds is 4. The second kappa shape index (κ2) is 8.40. The van der Waals surface area contributed by atoms with E-state index in [0.717, 1.165) is 27.4 Å². The topological polar surface area (TPSA) is 50.5 Å². The number of hydrogen-bond acceptors (Lipinski definition) is 4. The Morgan fingerprint density at radius 2 is 1.69 bits per heavy atom. The first kappa shape index (κ1) is 20.3. The van der Waals surface area contributed by atoms with E-state index in [9.17, 15) is 9.59 Å². The summed E-state index contributed by atoms with van der Waals surface area (Å²) in [7, 11) is 0. The van der Waals surface area contributed by atoms with Gasteiger partial charge in [-0.3, -0.25) is 14.5 Å². The average Bonchev–Trinajstić information content (AvgIpc) is 3.23. The molecule has 0 unspecified atom stereocenters. The minimum absolute atomic E-state index is 0.222. The molecule has 146 valence electrons. The van der Waals surface area contributed by atoms with Gasteiger partial charge in [0.05, 0.1) is 11.4 Å². The molecule has 2 amide bonds. The van der Waals surface area contributed by atoms with Gasteiger partial charge in [-0.1, -0.05) is 51.3 Å². The molecule has 1 aliphatic heterocycles. The van der Waals surface area contributed by atoms with Crippen LogP contribution in [0.25, 0.3) is 17.4 Å². The molecular formula is C21H12BrCl2NO3S. The van der Waals surface area contributed by atoms with Gasteiger partial charge in [0, 0.05) is 26.2 Å². The van der Waals surface area contributed by atoms with Gasteiger partial charge in [-0.05, 0) is 59.8 Å². The van der Waals surface area contributed by atoms with Crippen molar-refractivity contribution in [1.82, 2.24) is 4.90 Å². The third kappa shape index (κ3) is 4.61.